The van der Waals surface area contributed by atoms with E-state index in [0.29, 0.717) is 16.3 Å². The fourth-order valence-electron chi connectivity index (χ4n) is 1.14. The molecule has 0 bridgehead atoms. The molecule has 0 aliphatic rings. The number of nitrogens with one attached hydrogen (secondary N) is 1. The van der Waals surface area contributed by atoms with Crippen molar-refractivity contribution in [2.45, 2.75) is 19.4 Å². The summed E-state index contributed by atoms with van der Waals surface area (Å²) in [6, 6.07) is 4.96. The number of benzene rings is 1. The molecular formula is C12H15ClN2O2S. The Bertz CT molecular complexity index is 489. The molecule has 3 N–H and O–H groups in total. The quantitative estimate of drug-likeness (QED) is 0.834. The molecule has 0 spiro atoms. The maximum absolute atomic E-state index is 11.9. The first-order valence-corrected chi connectivity index (χ1v) is 6.02. The molecule has 18 heavy (non-hydrogen) atoms. The fourth-order valence-corrected chi connectivity index (χ4v) is 1.43. The first-order valence-electron chi connectivity index (χ1n) is 5.24. The Morgan fingerprint density at radius 1 is 1.50 bits per heavy atom. The molecule has 1 amide bonds. The summed E-state index contributed by atoms with van der Waals surface area (Å²) in [6.07, 6.45) is 0. The lowest BCUT2D eigenvalue weighted by atomic mass is 10.1. The Morgan fingerprint density at radius 3 is 2.61 bits per heavy atom. The van der Waals surface area contributed by atoms with Gasteiger partial charge in [0.15, 0.2) is 0 Å². The maximum atomic E-state index is 11.9. The summed E-state index contributed by atoms with van der Waals surface area (Å²) in [7, 11) is 1.46. The number of carbonyl (C=O) groups is 1. The minimum Gasteiger partial charge on any atom is -0.389 e. The van der Waals surface area contributed by atoms with Crippen molar-refractivity contribution in [1.29, 1.82) is 0 Å². The van der Waals surface area contributed by atoms with Crippen molar-refractivity contribution in [2.75, 3.05) is 12.4 Å². The zero-order chi connectivity index (χ0) is 13.9. The Kier molecular flexibility index (Phi) is 4.67. The van der Waals surface area contributed by atoms with Gasteiger partial charge >= 0.3 is 0 Å². The van der Waals surface area contributed by atoms with E-state index < -0.39 is 5.60 Å². The number of methoxy groups -OCH3 is 1. The number of rotatable bonds is 4. The van der Waals surface area contributed by atoms with Crippen molar-refractivity contribution in [1.82, 2.24) is 0 Å². The average Bonchev–Trinajstić information content (AvgIpc) is 2.31. The van der Waals surface area contributed by atoms with Crippen molar-refractivity contribution in [3.05, 3.63) is 28.8 Å². The van der Waals surface area contributed by atoms with Gasteiger partial charge < -0.3 is 15.8 Å². The molecule has 0 saturated carbocycles. The van der Waals surface area contributed by atoms with Crippen LogP contribution in [0.15, 0.2) is 18.2 Å². The summed E-state index contributed by atoms with van der Waals surface area (Å²) >= 11 is 10.9. The number of nitrogens with two attached hydrogens (primary N) is 1. The number of halogens is 1. The Morgan fingerprint density at radius 2 is 2.11 bits per heavy atom. The molecule has 0 unspecified atom stereocenters. The highest BCUT2D eigenvalue weighted by Crippen LogP contribution is 2.24. The molecule has 1 rings (SSSR count). The number of hydrogen-bond donors (Lipinski definition) is 2. The molecule has 1 aromatic carbocycles. The number of amides is 1. The number of ether oxygens (including phenoxy) is 1. The van der Waals surface area contributed by atoms with E-state index in [-0.39, 0.29) is 10.9 Å². The number of carbonyl (C=O) groups excluding carboxylic acids is 1. The van der Waals surface area contributed by atoms with Crippen molar-refractivity contribution in [3.63, 3.8) is 0 Å². The average molecular weight is 287 g/mol. The Labute approximate surface area is 116 Å². The monoisotopic (exact) mass is 286 g/mol. The zero-order valence-corrected chi connectivity index (χ0v) is 12.0. The van der Waals surface area contributed by atoms with E-state index in [1.165, 1.54) is 7.11 Å². The van der Waals surface area contributed by atoms with E-state index in [0.717, 1.165) is 0 Å². The van der Waals surface area contributed by atoms with Gasteiger partial charge in [0, 0.05) is 12.7 Å². The van der Waals surface area contributed by atoms with E-state index in [4.69, 9.17) is 34.3 Å². The van der Waals surface area contributed by atoms with Crippen LogP contribution in [0.4, 0.5) is 5.69 Å². The van der Waals surface area contributed by atoms with Gasteiger partial charge in [-0.1, -0.05) is 29.9 Å². The minimum absolute atomic E-state index is 0.244. The zero-order valence-electron chi connectivity index (χ0n) is 10.4. The summed E-state index contributed by atoms with van der Waals surface area (Å²) < 4.78 is 5.08. The largest absolute Gasteiger partial charge is 0.389 e. The predicted octanol–water partition coefficient (Wildman–Crippen LogP) is 2.34. The van der Waals surface area contributed by atoms with Gasteiger partial charge in [-0.25, -0.2) is 0 Å². The topological polar surface area (TPSA) is 64.3 Å². The van der Waals surface area contributed by atoms with Crippen LogP contribution in [-0.4, -0.2) is 23.6 Å². The van der Waals surface area contributed by atoms with Crippen LogP contribution in [0.5, 0.6) is 0 Å². The third-order valence-electron chi connectivity index (χ3n) is 2.56. The minimum atomic E-state index is -0.942. The van der Waals surface area contributed by atoms with E-state index in [1.807, 2.05) is 0 Å². The summed E-state index contributed by atoms with van der Waals surface area (Å²) in [4.78, 5) is 12.2. The summed E-state index contributed by atoms with van der Waals surface area (Å²) in [6.45, 7) is 3.32. The van der Waals surface area contributed by atoms with E-state index in [9.17, 15) is 4.79 Å². The van der Waals surface area contributed by atoms with Crippen molar-refractivity contribution >= 4 is 40.4 Å². The molecule has 1 aromatic rings. The van der Waals surface area contributed by atoms with Crippen LogP contribution >= 0.6 is 23.8 Å². The van der Waals surface area contributed by atoms with Crippen LogP contribution in [0.2, 0.25) is 5.02 Å². The fraction of sp³-hybridized carbons (Fsp3) is 0.333. The van der Waals surface area contributed by atoms with Crippen molar-refractivity contribution < 1.29 is 9.53 Å². The Hall–Kier alpha value is -1.17. The van der Waals surface area contributed by atoms with Crippen LogP contribution in [0.1, 0.15) is 19.4 Å². The highest BCUT2D eigenvalue weighted by atomic mass is 35.5. The lowest BCUT2D eigenvalue weighted by Crippen LogP contribution is -2.38. The summed E-state index contributed by atoms with van der Waals surface area (Å²) in [5.41, 5.74) is 5.68. The van der Waals surface area contributed by atoms with E-state index in [1.54, 1.807) is 32.0 Å². The van der Waals surface area contributed by atoms with Gasteiger partial charge in [0.2, 0.25) is 0 Å². The van der Waals surface area contributed by atoms with Crippen LogP contribution < -0.4 is 11.1 Å². The van der Waals surface area contributed by atoms with Crippen LogP contribution in [0.3, 0.4) is 0 Å². The molecule has 0 saturated heterocycles. The SMILES string of the molecule is COC(C)(C)C(=O)Nc1cc(C(N)=S)ccc1Cl. The second-order valence-corrected chi connectivity index (χ2v) is 5.07. The Balaban J connectivity index is 3.01. The number of thiocarbonyl (C=S) groups is 1. The van der Waals surface area contributed by atoms with Crippen molar-refractivity contribution in [2.24, 2.45) is 5.73 Å². The molecule has 4 nitrogen and oxygen atoms in total. The van der Waals surface area contributed by atoms with E-state index >= 15 is 0 Å². The molecule has 0 aliphatic carbocycles. The molecule has 0 aromatic heterocycles. The lowest BCUT2D eigenvalue weighted by molar-refractivity contribution is -0.133. The molecule has 0 heterocycles. The van der Waals surface area contributed by atoms with Gasteiger partial charge in [0.05, 0.1) is 10.7 Å². The molecule has 0 atom stereocenters. The molecule has 0 radical (unpaired) electrons. The second kappa shape index (κ2) is 5.65. The first-order chi connectivity index (χ1) is 8.27. The standard InChI is InChI=1S/C12H15ClN2O2S/c1-12(2,17-3)11(16)15-9-6-7(10(14)18)4-5-8(9)13/h4-6H,1-3H3,(H2,14,18)(H,15,16). The van der Waals surface area contributed by atoms with Crippen molar-refractivity contribution in [3.8, 4) is 0 Å². The maximum Gasteiger partial charge on any atom is 0.256 e. The van der Waals surface area contributed by atoms with Gasteiger partial charge in [0.25, 0.3) is 5.91 Å². The third kappa shape index (κ3) is 3.41. The van der Waals surface area contributed by atoms with Gasteiger partial charge in [-0.2, -0.15) is 0 Å². The van der Waals surface area contributed by atoms with E-state index in [2.05, 4.69) is 5.32 Å². The molecule has 98 valence electrons. The van der Waals surface area contributed by atoms with Gasteiger partial charge in [0.1, 0.15) is 10.6 Å². The molecule has 6 heteroatoms. The second-order valence-electron chi connectivity index (χ2n) is 4.23. The number of hydrogen-bond acceptors (Lipinski definition) is 3. The molecular weight excluding hydrogens is 272 g/mol. The summed E-state index contributed by atoms with van der Waals surface area (Å²) in [5, 5.41) is 3.10. The first kappa shape index (κ1) is 14.9. The van der Waals surface area contributed by atoms with Crippen LogP contribution in [0.25, 0.3) is 0 Å². The normalized spacial score (nSPS) is 11.1. The van der Waals surface area contributed by atoms with Gasteiger partial charge in [-0.3, -0.25) is 4.79 Å². The third-order valence-corrected chi connectivity index (χ3v) is 3.12. The van der Waals surface area contributed by atoms with Crippen LogP contribution in [0, 0.1) is 0 Å². The molecule has 0 fully saturated rings. The van der Waals surface area contributed by atoms with Gasteiger partial charge in [-0.15, -0.1) is 0 Å². The molecule has 0 aliphatic heterocycles. The predicted molar refractivity (Wildman–Crippen MR) is 77.1 cm³/mol. The number of anilines is 1. The highest BCUT2D eigenvalue weighted by molar-refractivity contribution is 7.80. The van der Waals surface area contributed by atoms with Crippen LogP contribution in [-0.2, 0) is 9.53 Å². The summed E-state index contributed by atoms with van der Waals surface area (Å²) in [5.74, 6) is -0.299. The highest BCUT2D eigenvalue weighted by Gasteiger charge is 2.27. The van der Waals surface area contributed by atoms with Gasteiger partial charge in [-0.05, 0) is 26.0 Å². The smallest absolute Gasteiger partial charge is 0.256 e. The lowest BCUT2D eigenvalue weighted by Gasteiger charge is -2.22.